The molecule has 0 saturated heterocycles. The molecule has 1 fully saturated rings. The smallest absolute Gasteiger partial charge is 0.0166 e. The lowest BCUT2D eigenvalue weighted by Crippen LogP contribution is -2.38. The fourth-order valence-electron chi connectivity index (χ4n) is 2.61. The standard InChI is InChI=1S/C14H26N2/c1-13(2,3)12-4-8-16(9-5-12)11-14(10-15)6-7-14/h4H,5-11,15H2,1-3H3. The molecule has 0 atom stereocenters. The Hall–Kier alpha value is -0.340. The van der Waals surface area contributed by atoms with Crippen LogP contribution in [-0.4, -0.2) is 31.1 Å². The number of nitrogens with two attached hydrogens (primary N) is 1. The fourth-order valence-corrected chi connectivity index (χ4v) is 2.61. The van der Waals surface area contributed by atoms with Crippen LogP contribution in [0.15, 0.2) is 11.6 Å². The minimum atomic E-state index is 0.358. The molecule has 0 unspecified atom stereocenters. The van der Waals surface area contributed by atoms with E-state index in [-0.39, 0.29) is 0 Å². The van der Waals surface area contributed by atoms with Crippen LogP contribution in [0.4, 0.5) is 0 Å². The zero-order chi connectivity index (χ0) is 11.8. The van der Waals surface area contributed by atoms with E-state index in [1.807, 2.05) is 0 Å². The number of rotatable bonds is 3. The van der Waals surface area contributed by atoms with Crippen molar-refractivity contribution >= 4 is 0 Å². The van der Waals surface area contributed by atoms with Crippen LogP contribution < -0.4 is 5.73 Å². The summed E-state index contributed by atoms with van der Waals surface area (Å²) in [7, 11) is 0. The molecule has 0 radical (unpaired) electrons. The molecular weight excluding hydrogens is 196 g/mol. The van der Waals surface area contributed by atoms with Crippen molar-refractivity contribution in [3.05, 3.63) is 11.6 Å². The summed E-state index contributed by atoms with van der Waals surface area (Å²) in [5.74, 6) is 0. The first kappa shape index (κ1) is 12.1. The first-order valence-corrected chi connectivity index (χ1v) is 6.57. The van der Waals surface area contributed by atoms with Gasteiger partial charge in [-0.05, 0) is 36.6 Å². The summed E-state index contributed by atoms with van der Waals surface area (Å²) in [5, 5.41) is 0. The van der Waals surface area contributed by atoms with Crippen LogP contribution in [0.1, 0.15) is 40.0 Å². The van der Waals surface area contributed by atoms with Crippen molar-refractivity contribution in [2.75, 3.05) is 26.2 Å². The summed E-state index contributed by atoms with van der Waals surface area (Å²) in [6.45, 7) is 11.4. The molecule has 92 valence electrons. The van der Waals surface area contributed by atoms with Gasteiger partial charge in [0.1, 0.15) is 0 Å². The summed E-state index contributed by atoms with van der Waals surface area (Å²) in [5.41, 5.74) is 8.32. The third-order valence-electron chi connectivity index (χ3n) is 4.21. The molecule has 2 rings (SSSR count). The maximum absolute atomic E-state index is 5.84. The summed E-state index contributed by atoms with van der Waals surface area (Å²) in [6.07, 6.45) is 6.37. The molecule has 2 heteroatoms. The molecule has 1 aliphatic carbocycles. The normalized spacial score (nSPS) is 25.4. The quantitative estimate of drug-likeness (QED) is 0.743. The third-order valence-corrected chi connectivity index (χ3v) is 4.21. The summed E-state index contributed by atoms with van der Waals surface area (Å²) in [6, 6.07) is 0. The predicted octanol–water partition coefficient (Wildman–Crippen LogP) is 2.40. The van der Waals surface area contributed by atoms with Gasteiger partial charge in [0, 0.05) is 19.6 Å². The van der Waals surface area contributed by atoms with Crippen LogP contribution in [0, 0.1) is 10.8 Å². The number of hydrogen-bond acceptors (Lipinski definition) is 2. The average Bonchev–Trinajstić information content (AvgIpc) is 2.98. The monoisotopic (exact) mass is 222 g/mol. The van der Waals surface area contributed by atoms with Gasteiger partial charge in [0.25, 0.3) is 0 Å². The highest BCUT2D eigenvalue weighted by molar-refractivity contribution is 5.15. The van der Waals surface area contributed by atoms with E-state index in [1.165, 1.54) is 32.4 Å². The Kier molecular flexibility index (Phi) is 3.15. The van der Waals surface area contributed by atoms with E-state index in [0.717, 1.165) is 13.1 Å². The summed E-state index contributed by atoms with van der Waals surface area (Å²) < 4.78 is 0. The summed E-state index contributed by atoms with van der Waals surface area (Å²) >= 11 is 0. The van der Waals surface area contributed by atoms with Gasteiger partial charge >= 0.3 is 0 Å². The molecule has 16 heavy (non-hydrogen) atoms. The van der Waals surface area contributed by atoms with Crippen LogP contribution in [0.25, 0.3) is 0 Å². The van der Waals surface area contributed by atoms with Gasteiger partial charge < -0.3 is 5.73 Å². The Labute approximate surface area is 99.9 Å². The van der Waals surface area contributed by atoms with Crippen molar-refractivity contribution in [2.45, 2.75) is 40.0 Å². The molecule has 0 aromatic carbocycles. The highest BCUT2D eigenvalue weighted by atomic mass is 15.1. The van der Waals surface area contributed by atoms with Gasteiger partial charge in [-0.1, -0.05) is 32.4 Å². The van der Waals surface area contributed by atoms with Crippen molar-refractivity contribution in [1.82, 2.24) is 4.90 Å². The molecule has 2 nitrogen and oxygen atoms in total. The van der Waals surface area contributed by atoms with Gasteiger partial charge in [-0.15, -0.1) is 0 Å². The Balaban J connectivity index is 1.87. The van der Waals surface area contributed by atoms with Gasteiger partial charge in [-0.25, -0.2) is 0 Å². The first-order valence-electron chi connectivity index (χ1n) is 6.57. The van der Waals surface area contributed by atoms with E-state index < -0.39 is 0 Å². The van der Waals surface area contributed by atoms with Crippen LogP contribution in [0.2, 0.25) is 0 Å². The van der Waals surface area contributed by atoms with Gasteiger partial charge in [0.15, 0.2) is 0 Å². The fraction of sp³-hybridized carbons (Fsp3) is 0.857. The minimum Gasteiger partial charge on any atom is -0.330 e. The van der Waals surface area contributed by atoms with Gasteiger partial charge in [0.2, 0.25) is 0 Å². The highest BCUT2D eigenvalue weighted by Gasteiger charge is 2.42. The molecule has 0 aromatic heterocycles. The molecule has 1 heterocycles. The Morgan fingerprint density at radius 1 is 1.38 bits per heavy atom. The number of nitrogens with zero attached hydrogens (tertiary/aromatic N) is 1. The average molecular weight is 222 g/mol. The zero-order valence-corrected chi connectivity index (χ0v) is 11.1. The first-order chi connectivity index (χ1) is 7.45. The molecule has 0 bridgehead atoms. The number of hydrogen-bond donors (Lipinski definition) is 1. The molecule has 1 saturated carbocycles. The molecule has 0 aromatic rings. The molecule has 0 spiro atoms. The van der Waals surface area contributed by atoms with E-state index >= 15 is 0 Å². The molecular formula is C14H26N2. The molecule has 2 N–H and O–H groups in total. The lowest BCUT2D eigenvalue weighted by molar-refractivity contribution is 0.228. The Morgan fingerprint density at radius 2 is 2.06 bits per heavy atom. The van der Waals surface area contributed by atoms with Crippen molar-refractivity contribution in [1.29, 1.82) is 0 Å². The topological polar surface area (TPSA) is 29.3 Å². The summed E-state index contributed by atoms with van der Waals surface area (Å²) in [4.78, 5) is 2.58. The predicted molar refractivity (Wildman–Crippen MR) is 69.3 cm³/mol. The van der Waals surface area contributed by atoms with E-state index in [4.69, 9.17) is 5.73 Å². The van der Waals surface area contributed by atoms with Crippen LogP contribution in [-0.2, 0) is 0 Å². The van der Waals surface area contributed by atoms with Crippen LogP contribution in [0.5, 0.6) is 0 Å². The SMILES string of the molecule is CC(C)(C)C1=CCN(CC2(CN)CC2)CC1. The second-order valence-corrected chi connectivity index (χ2v) is 6.67. The lowest BCUT2D eigenvalue weighted by atomic mass is 9.83. The van der Waals surface area contributed by atoms with Gasteiger partial charge in [-0.3, -0.25) is 4.90 Å². The maximum Gasteiger partial charge on any atom is 0.0166 e. The van der Waals surface area contributed by atoms with E-state index in [9.17, 15) is 0 Å². The van der Waals surface area contributed by atoms with Crippen molar-refractivity contribution < 1.29 is 0 Å². The molecule has 0 amide bonds. The van der Waals surface area contributed by atoms with Gasteiger partial charge in [-0.2, -0.15) is 0 Å². The van der Waals surface area contributed by atoms with Gasteiger partial charge in [0.05, 0.1) is 0 Å². The third kappa shape index (κ3) is 2.67. The van der Waals surface area contributed by atoms with E-state index in [0.29, 0.717) is 10.8 Å². The molecule has 2 aliphatic rings. The zero-order valence-electron chi connectivity index (χ0n) is 11.1. The Bertz CT molecular complexity index is 282. The second kappa shape index (κ2) is 4.15. The second-order valence-electron chi connectivity index (χ2n) is 6.67. The van der Waals surface area contributed by atoms with Crippen molar-refractivity contribution in [3.63, 3.8) is 0 Å². The van der Waals surface area contributed by atoms with Crippen LogP contribution in [0.3, 0.4) is 0 Å². The lowest BCUT2D eigenvalue weighted by Gasteiger charge is -2.33. The molecule has 1 aliphatic heterocycles. The van der Waals surface area contributed by atoms with E-state index in [1.54, 1.807) is 5.57 Å². The maximum atomic E-state index is 5.84. The largest absolute Gasteiger partial charge is 0.330 e. The Morgan fingerprint density at radius 3 is 2.44 bits per heavy atom. The van der Waals surface area contributed by atoms with Crippen molar-refractivity contribution in [2.24, 2.45) is 16.6 Å². The minimum absolute atomic E-state index is 0.358. The highest BCUT2D eigenvalue weighted by Crippen LogP contribution is 2.45. The van der Waals surface area contributed by atoms with E-state index in [2.05, 4.69) is 31.7 Å². The van der Waals surface area contributed by atoms with Crippen LogP contribution >= 0.6 is 0 Å². The van der Waals surface area contributed by atoms with Crippen molar-refractivity contribution in [3.8, 4) is 0 Å².